The van der Waals surface area contributed by atoms with Gasteiger partial charge in [0, 0.05) is 12.0 Å². The van der Waals surface area contributed by atoms with Crippen LogP contribution in [0.4, 0.5) is 4.39 Å². The second kappa shape index (κ2) is 5.81. The molecule has 1 aliphatic heterocycles. The number of nitrogens with zero attached hydrogens (tertiary/aromatic N) is 2. The number of hydrogen-bond donors (Lipinski definition) is 1. The van der Waals surface area contributed by atoms with Crippen LogP contribution >= 0.6 is 0 Å². The molecule has 3 aliphatic rings. The second-order valence-electron chi connectivity index (χ2n) is 7.94. The third-order valence-electron chi connectivity index (χ3n) is 5.89. The maximum absolute atomic E-state index is 13.4. The van der Waals surface area contributed by atoms with Crippen LogP contribution in [-0.4, -0.2) is 41.6 Å². The molecule has 0 aromatic heterocycles. The molecule has 1 N–H and O–H groups in total. The number of hydrogen-bond acceptors (Lipinski definition) is 3. The molecule has 2 aliphatic carbocycles. The Morgan fingerprint density at radius 2 is 2.00 bits per heavy atom. The first-order valence-electron chi connectivity index (χ1n) is 8.48. The van der Waals surface area contributed by atoms with Crippen LogP contribution in [0.15, 0.2) is 0 Å². The minimum absolute atomic E-state index is 0.0160. The van der Waals surface area contributed by atoms with Crippen molar-refractivity contribution in [3.05, 3.63) is 0 Å². The molecule has 2 saturated carbocycles. The fourth-order valence-electron chi connectivity index (χ4n) is 4.97. The summed E-state index contributed by atoms with van der Waals surface area (Å²) in [6.45, 7) is 4.82. The number of carbonyl (C=O) groups is 1. The molecule has 3 rings (SSSR count). The molecule has 4 nitrogen and oxygen atoms in total. The van der Waals surface area contributed by atoms with Crippen molar-refractivity contribution in [1.82, 2.24) is 10.2 Å². The number of rotatable bonds is 3. The lowest BCUT2D eigenvalue weighted by molar-refractivity contribution is -0.130. The van der Waals surface area contributed by atoms with E-state index in [2.05, 4.69) is 19.2 Å². The highest BCUT2D eigenvalue weighted by molar-refractivity contribution is 5.79. The van der Waals surface area contributed by atoms with Crippen LogP contribution in [0.3, 0.4) is 0 Å². The summed E-state index contributed by atoms with van der Waals surface area (Å²) in [7, 11) is 0. The number of alkyl halides is 1. The monoisotopic (exact) mass is 307 g/mol. The van der Waals surface area contributed by atoms with Crippen molar-refractivity contribution in [1.29, 1.82) is 5.26 Å². The van der Waals surface area contributed by atoms with E-state index in [-0.39, 0.29) is 31.0 Å². The van der Waals surface area contributed by atoms with Crippen molar-refractivity contribution < 1.29 is 9.18 Å². The van der Waals surface area contributed by atoms with Crippen molar-refractivity contribution in [3.8, 4) is 6.07 Å². The Balaban J connectivity index is 1.53. The van der Waals surface area contributed by atoms with E-state index in [0.29, 0.717) is 0 Å². The lowest BCUT2D eigenvalue weighted by atomic mass is 9.94. The van der Waals surface area contributed by atoms with Gasteiger partial charge in [0.25, 0.3) is 0 Å². The van der Waals surface area contributed by atoms with E-state index in [4.69, 9.17) is 5.26 Å². The van der Waals surface area contributed by atoms with E-state index in [9.17, 15) is 9.18 Å². The molecule has 0 aromatic carbocycles. The first kappa shape index (κ1) is 15.7. The summed E-state index contributed by atoms with van der Waals surface area (Å²) in [6.07, 6.45) is 3.97. The van der Waals surface area contributed by atoms with Gasteiger partial charge < -0.3 is 10.2 Å². The van der Waals surface area contributed by atoms with Gasteiger partial charge in [-0.15, -0.1) is 0 Å². The lowest BCUT2D eigenvalue weighted by Gasteiger charge is -2.29. The van der Waals surface area contributed by atoms with Crippen molar-refractivity contribution in [2.45, 2.75) is 63.7 Å². The van der Waals surface area contributed by atoms with Crippen LogP contribution in [0.1, 0.15) is 46.0 Å². The molecule has 0 radical (unpaired) electrons. The summed E-state index contributed by atoms with van der Waals surface area (Å²) in [5.41, 5.74) is 0.0160. The normalized spacial score (nSPS) is 44.1. The molecule has 4 atom stereocenters. The predicted octanol–water partition coefficient (Wildman–Crippen LogP) is 2.25. The molecular weight excluding hydrogens is 281 g/mol. The highest BCUT2D eigenvalue weighted by Gasteiger charge is 2.46. The second-order valence-corrected chi connectivity index (χ2v) is 7.94. The third kappa shape index (κ3) is 2.99. The molecule has 0 spiro atoms. The maximum atomic E-state index is 13.4. The van der Waals surface area contributed by atoms with Gasteiger partial charge >= 0.3 is 0 Å². The molecule has 0 bridgehead atoms. The molecular formula is C17H26FN3O. The highest BCUT2D eigenvalue weighted by Crippen LogP contribution is 2.50. The minimum Gasteiger partial charge on any atom is -0.323 e. The van der Waals surface area contributed by atoms with Crippen molar-refractivity contribution in [2.24, 2.45) is 17.8 Å². The van der Waals surface area contributed by atoms with E-state index in [0.717, 1.165) is 30.6 Å². The summed E-state index contributed by atoms with van der Waals surface area (Å²) in [4.78, 5) is 13.7. The number of carbonyl (C=O) groups excluding carboxylic acids is 1. The molecule has 0 aromatic rings. The molecule has 5 heteroatoms. The third-order valence-corrected chi connectivity index (χ3v) is 5.89. The standard InChI is InChI=1S/C17H26FN3O/c1-11-3-12-6-17(2,7-13(12)4-11)20-9-16(22)21-10-14(18)5-15(21)8-19/h11-15,20H,3-7,9-10H2,1-2H3. The number of nitriles is 1. The fraction of sp³-hybridized carbons (Fsp3) is 0.882. The molecule has 22 heavy (non-hydrogen) atoms. The molecule has 122 valence electrons. The van der Waals surface area contributed by atoms with Crippen LogP contribution in [0.25, 0.3) is 0 Å². The number of amides is 1. The Hall–Kier alpha value is -1.15. The Bertz CT molecular complexity index is 475. The highest BCUT2D eigenvalue weighted by atomic mass is 19.1. The van der Waals surface area contributed by atoms with E-state index < -0.39 is 12.2 Å². The van der Waals surface area contributed by atoms with Gasteiger partial charge in [-0.25, -0.2) is 4.39 Å². The minimum atomic E-state index is -1.06. The van der Waals surface area contributed by atoms with Crippen molar-refractivity contribution in [2.75, 3.05) is 13.1 Å². The molecule has 1 heterocycles. The van der Waals surface area contributed by atoms with Crippen molar-refractivity contribution >= 4 is 5.91 Å². The van der Waals surface area contributed by atoms with Gasteiger partial charge in [-0.2, -0.15) is 5.26 Å². The van der Waals surface area contributed by atoms with Crippen LogP contribution < -0.4 is 5.32 Å². The number of fused-ring (bicyclic) bond motifs is 1. The van der Waals surface area contributed by atoms with Crippen molar-refractivity contribution in [3.63, 3.8) is 0 Å². The smallest absolute Gasteiger partial charge is 0.237 e. The first-order valence-corrected chi connectivity index (χ1v) is 8.48. The average molecular weight is 307 g/mol. The van der Waals surface area contributed by atoms with Gasteiger partial charge in [-0.1, -0.05) is 6.92 Å². The lowest BCUT2D eigenvalue weighted by Crippen LogP contribution is -2.48. The summed E-state index contributed by atoms with van der Waals surface area (Å²) < 4.78 is 13.4. The quantitative estimate of drug-likeness (QED) is 0.870. The fourth-order valence-corrected chi connectivity index (χ4v) is 4.97. The number of nitrogens with one attached hydrogen (secondary N) is 1. The first-order chi connectivity index (χ1) is 10.4. The maximum Gasteiger partial charge on any atom is 0.237 e. The van der Waals surface area contributed by atoms with E-state index in [1.165, 1.54) is 17.7 Å². The van der Waals surface area contributed by atoms with Gasteiger partial charge in [0.1, 0.15) is 12.2 Å². The van der Waals surface area contributed by atoms with E-state index in [1.54, 1.807) is 0 Å². The molecule has 1 amide bonds. The summed E-state index contributed by atoms with van der Waals surface area (Å²) in [5, 5.41) is 12.5. The predicted molar refractivity (Wildman–Crippen MR) is 81.6 cm³/mol. The van der Waals surface area contributed by atoms with Crippen LogP contribution in [0.2, 0.25) is 0 Å². The van der Waals surface area contributed by atoms with E-state index in [1.807, 2.05) is 6.07 Å². The van der Waals surface area contributed by atoms with Gasteiger partial charge in [0.05, 0.1) is 19.2 Å². The Morgan fingerprint density at radius 3 is 2.59 bits per heavy atom. The van der Waals surface area contributed by atoms with Gasteiger partial charge in [-0.05, 0) is 50.4 Å². The Morgan fingerprint density at radius 1 is 1.36 bits per heavy atom. The number of halogens is 1. The van der Waals surface area contributed by atoms with Gasteiger partial charge in [0.2, 0.25) is 5.91 Å². The average Bonchev–Trinajstić information content (AvgIpc) is 3.07. The van der Waals surface area contributed by atoms with Gasteiger partial charge in [-0.3, -0.25) is 4.79 Å². The zero-order chi connectivity index (χ0) is 15.9. The Kier molecular flexibility index (Phi) is 4.15. The summed E-state index contributed by atoms with van der Waals surface area (Å²) in [5.74, 6) is 2.27. The van der Waals surface area contributed by atoms with Gasteiger partial charge in [0.15, 0.2) is 0 Å². The molecule has 3 fully saturated rings. The van der Waals surface area contributed by atoms with Crippen LogP contribution in [0.5, 0.6) is 0 Å². The Labute approximate surface area is 132 Å². The zero-order valence-corrected chi connectivity index (χ0v) is 13.5. The summed E-state index contributed by atoms with van der Waals surface area (Å²) in [6, 6.07) is 1.44. The SMILES string of the molecule is CC1CC2CC(C)(NCC(=O)N3CC(F)CC3C#N)CC2C1. The zero-order valence-electron chi connectivity index (χ0n) is 13.5. The number of likely N-dealkylation sites (tertiary alicyclic amines) is 1. The summed E-state index contributed by atoms with van der Waals surface area (Å²) >= 11 is 0. The topological polar surface area (TPSA) is 56.1 Å². The molecule has 1 saturated heterocycles. The van der Waals surface area contributed by atoms with Crippen LogP contribution in [-0.2, 0) is 4.79 Å². The van der Waals surface area contributed by atoms with E-state index >= 15 is 0 Å². The molecule has 4 unspecified atom stereocenters. The largest absolute Gasteiger partial charge is 0.323 e. The van der Waals surface area contributed by atoms with Crippen LogP contribution in [0, 0.1) is 29.1 Å².